The number of hydrogen-bond donors (Lipinski definition) is 3. The van der Waals surface area contributed by atoms with E-state index in [1.54, 1.807) is 36.5 Å². The Hall–Kier alpha value is -5.21. The molecule has 6 rings (SSSR count). The number of hydrogen-bond acceptors (Lipinski definition) is 11. The first kappa shape index (κ1) is 37.5. The van der Waals surface area contributed by atoms with Crippen molar-refractivity contribution in [3.63, 3.8) is 0 Å². The summed E-state index contributed by atoms with van der Waals surface area (Å²) in [5, 5.41) is 23.0. The Morgan fingerprint density at radius 3 is 2.08 bits per heavy atom. The molecule has 5 aromatic rings. The third-order valence-electron chi connectivity index (χ3n) is 9.17. The standard InChI is InChI=1S/C39H40ClN7O5S/c1-25-4-3-5-32(40)31(25)20-33(48)34-22-41-39(53-34)44-35-21-36(43-26(2)42-35)47-18-16-45(17-19-47)14-15-46(23-27-6-10-29(11-7-27)37(49)50)24-28-8-12-30(13-9-28)38(51)52/h3-13,21-22H,14-20,23-24H2,1-2H3,(H,49,50)(H,51,52)(H,41,42,43,44). The van der Waals surface area contributed by atoms with Gasteiger partial charge in [-0.3, -0.25) is 14.6 Å². The molecule has 2 aromatic heterocycles. The van der Waals surface area contributed by atoms with Gasteiger partial charge in [0, 0.05) is 69.9 Å². The molecular weight excluding hydrogens is 714 g/mol. The molecule has 0 amide bonds. The third-order valence-corrected chi connectivity index (χ3v) is 10.5. The summed E-state index contributed by atoms with van der Waals surface area (Å²) < 4.78 is 0. The fourth-order valence-electron chi connectivity index (χ4n) is 6.21. The Bertz CT molecular complexity index is 2000. The lowest BCUT2D eigenvalue weighted by atomic mass is 10.0. The van der Waals surface area contributed by atoms with E-state index in [1.165, 1.54) is 11.3 Å². The zero-order valence-electron chi connectivity index (χ0n) is 29.5. The van der Waals surface area contributed by atoms with Crippen LogP contribution in [0.15, 0.2) is 79.0 Å². The molecule has 3 N–H and O–H groups in total. The van der Waals surface area contributed by atoms with Crippen LogP contribution in [0, 0.1) is 13.8 Å². The summed E-state index contributed by atoms with van der Waals surface area (Å²) in [4.78, 5) is 56.9. The number of carbonyl (C=O) groups is 3. The molecular formula is C39H40ClN7O5S. The van der Waals surface area contributed by atoms with Gasteiger partial charge in [-0.2, -0.15) is 0 Å². The highest BCUT2D eigenvalue weighted by molar-refractivity contribution is 7.17. The van der Waals surface area contributed by atoms with Crippen LogP contribution < -0.4 is 10.2 Å². The number of aromatic carboxylic acids is 2. The minimum atomic E-state index is -0.960. The number of thiazole rings is 1. The van der Waals surface area contributed by atoms with Gasteiger partial charge >= 0.3 is 11.9 Å². The highest BCUT2D eigenvalue weighted by Crippen LogP contribution is 2.27. The lowest BCUT2D eigenvalue weighted by molar-refractivity contribution is 0.0686. The van der Waals surface area contributed by atoms with E-state index >= 15 is 0 Å². The molecule has 53 heavy (non-hydrogen) atoms. The van der Waals surface area contributed by atoms with Gasteiger partial charge in [0.05, 0.1) is 22.2 Å². The molecule has 12 nitrogen and oxygen atoms in total. The van der Waals surface area contributed by atoms with Crippen LogP contribution in [0.2, 0.25) is 5.02 Å². The van der Waals surface area contributed by atoms with Crippen molar-refractivity contribution in [1.29, 1.82) is 0 Å². The first-order valence-corrected chi connectivity index (χ1v) is 18.4. The van der Waals surface area contributed by atoms with E-state index in [9.17, 15) is 24.6 Å². The number of nitrogens with zero attached hydrogens (tertiary/aromatic N) is 6. The van der Waals surface area contributed by atoms with Crippen LogP contribution >= 0.6 is 22.9 Å². The number of rotatable bonds is 15. The number of carbonyl (C=O) groups excluding carboxylic acids is 1. The first-order chi connectivity index (χ1) is 25.5. The number of aromatic nitrogens is 3. The number of aryl methyl sites for hydroxylation is 2. The molecule has 0 aliphatic carbocycles. The predicted molar refractivity (Wildman–Crippen MR) is 206 cm³/mol. The maximum absolute atomic E-state index is 13.0. The third kappa shape index (κ3) is 10.0. The van der Waals surface area contributed by atoms with Crippen LogP contribution in [-0.2, 0) is 19.5 Å². The van der Waals surface area contributed by atoms with Crippen molar-refractivity contribution in [2.75, 3.05) is 49.5 Å². The highest BCUT2D eigenvalue weighted by Gasteiger charge is 2.21. The van der Waals surface area contributed by atoms with Gasteiger partial charge < -0.3 is 20.4 Å². The molecule has 3 aromatic carbocycles. The molecule has 0 saturated carbocycles. The number of Topliss-reactive ketones (excluding diaryl/α,β-unsaturated/α-hetero) is 1. The van der Waals surface area contributed by atoms with Gasteiger partial charge in [-0.15, -0.1) is 0 Å². The Kier molecular flexibility index (Phi) is 12.1. The molecule has 14 heteroatoms. The number of benzene rings is 3. The van der Waals surface area contributed by atoms with Gasteiger partial charge in [0.1, 0.15) is 17.5 Å². The molecule has 0 unspecified atom stereocenters. The highest BCUT2D eigenvalue weighted by atomic mass is 35.5. The van der Waals surface area contributed by atoms with Crippen LogP contribution in [0.1, 0.15) is 58.5 Å². The lowest BCUT2D eigenvalue weighted by Crippen LogP contribution is -2.48. The summed E-state index contributed by atoms with van der Waals surface area (Å²) in [6.45, 7) is 9.85. The van der Waals surface area contributed by atoms with Gasteiger partial charge in [-0.1, -0.05) is 59.3 Å². The second-order valence-electron chi connectivity index (χ2n) is 13.0. The number of nitrogens with one attached hydrogen (secondary N) is 1. The zero-order valence-corrected chi connectivity index (χ0v) is 31.0. The topological polar surface area (TPSA) is 152 Å². The van der Waals surface area contributed by atoms with Gasteiger partial charge in [0.25, 0.3) is 0 Å². The summed E-state index contributed by atoms with van der Waals surface area (Å²) >= 11 is 7.63. The van der Waals surface area contributed by atoms with Crippen molar-refractivity contribution in [3.05, 3.63) is 128 Å². The summed E-state index contributed by atoms with van der Waals surface area (Å²) in [5.74, 6) is 0.0803. The Labute approximate surface area is 316 Å². The van der Waals surface area contributed by atoms with E-state index in [2.05, 4.69) is 30.0 Å². The number of ketones is 1. The van der Waals surface area contributed by atoms with Crippen molar-refractivity contribution < 1.29 is 24.6 Å². The smallest absolute Gasteiger partial charge is 0.335 e. The molecule has 1 aliphatic heterocycles. The fraction of sp³-hybridized carbons (Fsp3) is 0.282. The lowest BCUT2D eigenvalue weighted by Gasteiger charge is -2.36. The number of piperazine rings is 1. The molecule has 1 saturated heterocycles. The van der Waals surface area contributed by atoms with Gasteiger partial charge in [0.15, 0.2) is 10.9 Å². The van der Waals surface area contributed by atoms with Gasteiger partial charge in [-0.05, 0) is 66.4 Å². The predicted octanol–water partition coefficient (Wildman–Crippen LogP) is 6.59. The summed E-state index contributed by atoms with van der Waals surface area (Å²) in [6.07, 6.45) is 1.79. The second kappa shape index (κ2) is 17.1. The summed E-state index contributed by atoms with van der Waals surface area (Å²) in [5.41, 5.74) is 4.29. The number of halogens is 1. The van der Waals surface area contributed by atoms with Crippen molar-refractivity contribution >= 4 is 57.4 Å². The van der Waals surface area contributed by atoms with Gasteiger partial charge in [-0.25, -0.2) is 24.5 Å². The molecule has 1 fully saturated rings. The van der Waals surface area contributed by atoms with Crippen LogP contribution in [-0.4, -0.2) is 92.0 Å². The quantitative estimate of drug-likeness (QED) is 0.0989. The molecule has 3 heterocycles. The fourth-order valence-corrected chi connectivity index (χ4v) is 7.25. The van der Waals surface area contributed by atoms with Crippen LogP contribution in [0.5, 0.6) is 0 Å². The molecule has 0 spiro atoms. The normalized spacial score (nSPS) is 13.3. The number of anilines is 3. The average Bonchev–Trinajstić information content (AvgIpc) is 3.61. The Morgan fingerprint density at radius 1 is 0.868 bits per heavy atom. The van der Waals surface area contributed by atoms with E-state index in [-0.39, 0.29) is 23.3 Å². The maximum atomic E-state index is 13.0. The van der Waals surface area contributed by atoms with E-state index in [0.29, 0.717) is 39.8 Å². The molecule has 1 aliphatic rings. The average molecular weight is 754 g/mol. The monoisotopic (exact) mass is 753 g/mol. The van der Waals surface area contributed by atoms with E-state index in [4.69, 9.17) is 16.6 Å². The number of carboxylic acid groups (broad SMARTS) is 2. The Balaban J connectivity index is 1.05. The van der Waals surface area contributed by atoms with E-state index < -0.39 is 11.9 Å². The largest absolute Gasteiger partial charge is 0.478 e. The zero-order chi connectivity index (χ0) is 37.5. The van der Waals surface area contributed by atoms with Gasteiger partial charge in [0.2, 0.25) is 0 Å². The Morgan fingerprint density at radius 2 is 1.49 bits per heavy atom. The first-order valence-electron chi connectivity index (χ1n) is 17.2. The molecule has 274 valence electrons. The maximum Gasteiger partial charge on any atom is 0.335 e. The second-order valence-corrected chi connectivity index (χ2v) is 14.4. The van der Waals surface area contributed by atoms with E-state index in [0.717, 1.165) is 67.3 Å². The van der Waals surface area contributed by atoms with Crippen molar-refractivity contribution in [2.24, 2.45) is 0 Å². The minimum absolute atomic E-state index is 0.0453. The van der Waals surface area contributed by atoms with Crippen LogP contribution in [0.3, 0.4) is 0 Å². The molecule has 0 radical (unpaired) electrons. The van der Waals surface area contributed by atoms with Crippen LogP contribution in [0.4, 0.5) is 16.8 Å². The van der Waals surface area contributed by atoms with Crippen LogP contribution in [0.25, 0.3) is 0 Å². The van der Waals surface area contributed by atoms with Crippen molar-refractivity contribution in [1.82, 2.24) is 24.8 Å². The minimum Gasteiger partial charge on any atom is -0.478 e. The molecule has 0 atom stereocenters. The summed E-state index contributed by atoms with van der Waals surface area (Å²) in [7, 11) is 0. The number of carboxylic acids is 2. The SMILES string of the molecule is Cc1nc(Nc2ncc(C(=O)Cc3c(C)cccc3Cl)s2)cc(N2CCN(CCN(Cc3ccc(C(=O)O)cc3)Cc3ccc(C(=O)O)cc3)CC2)n1. The molecule has 0 bridgehead atoms. The van der Waals surface area contributed by atoms with Crippen molar-refractivity contribution in [3.8, 4) is 0 Å². The van der Waals surface area contributed by atoms with E-state index in [1.807, 2.05) is 56.3 Å². The summed E-state index contributed by atoms with van der Waals surface area (Å²) in [6, 6.07) is 21.3. The van der Waals surface area contributed by atoms with Crippen molar-refractivity contribution in [2.45, 2.75) is 33.4 Å².